The number of nitrogens with one attached hydrogen (secondary N) is 2. The molecule has 0 aromatic carbocycles. The predicted octanol–water partition coefficient (Wildman–Crippen LogP) is 3.26. The van der Waals surface area contributed by atoms with Crippen molar-refractivity contribution in [1.82, 2.24) is 15.2 Å². The maximum absolute atomic E-state index is 13.1. The number of aromatic amines is 1. The smallest absolute Gasteiger partial charge is 0.217 e. The number of pyridine rings is 1. The Kier molecular flexibility index (Phi) is 5.27. The van der Waals surface area contributed by atoms with Crippen molar-refractivity contribution in [1.29, 1.82) is 0 Å². The molecular formula is C20H25N4O4P. The van der Waals surface area contributed by atoms with E-state index in [0.29, 0.717) is 23.1 Å². The molecule has 2 aromatic heterocycles. The van der Waals surface area contributed by atoms with Crippen molar-refractivity contribution in [3.63, 3.8) is 0 Å². The van der Waals surface area contributed by atoms with Gasteiger partial charge >= 0.3 is 0 Å². The third-order valence-electron chi connectivity index (χ3n) is 5.77. The van der Waals surface area contributed by atoms with Gasteiger partial charge in [0.1, 0.15) is 11.8 Å². The van der Waals surface area contributed by atoms with Crippen molar-refractivity contribution in [3.8, 4) is 0 Å². The molecule has 1 saturated carbocycles. The van der Waals surface area contributed by atoms with Crippen LogP contribution in [0.1, 0.15) is 47.6 Å². The number of ether oxygens (including phenoxy) is 2. The van der Waals surface area contributed by atoms with Gasteiger partial charge in [-0.25, -0.2) is 0 Å². The van der Waals surface area contributed by atoms with Gasteiger partial charge < -0.3 is 14.8 Å². The van der Waals surface area contributed by atoms with Crippen molar-refractivity contribution >= 4 is 19.9 Å². The molecule has 0 bridgehead atoms. The van der Waals surface area contributed by atoms with Gasteiger partial charge in [0, 0.05) is 41.4 Å². The average Bonchev–Trinajstić information content (AvgIpc) is 3.28. The van der Waals surface area contributed by atoms with Crippen molar-refractivity contribution in [2.24, 2.45) is 5.92 Å². The fraction of sp³-hybridized carbons (Fsp3) is 0.550. The molecule has 154 valence electrons. The van der Waals surface area contributed by atoms with Crippen LogP contribution in [-0.2, 0) is 14.0 Å². The standard InChI is InChI=1S/C20H25N4O4P/c1-10-11(2)23-24-16(10)17(25)13-8-21-6-5-14(13)22-15-7-12(9-29-26)18-19(15)28-20(3,4)27-18/h5-6,8,12,15,18-19H,7,9H2,1-4H3,(H,21,22)(H,23,24)/t12-,15-,18-,19+/m1/s1. The molecule has 2 aromatic rings. The third kappa shape index (κ3) is 3.72. The highest BCUT2D eigenvalue weighted by Crippen LogP contribution is 2.43. The normalized spacial score (nSPS) is 27.9. The summed E-state index contributed by atoms with van der Waals surface area (Å²) in [6.45, 7) is 7.53. The molecule has 1 aliphatic heterocycles. The molecule has 2 N–H and O–H groups in total. The third-order valence-corrected chi connectivity index (χ3v) is 6.38. The zero-order valence-electron chi connectivity index (χ0n) is 16.9. The Morgan fingerprint density at radius 3 is 2.79 bits per heavy atom. The molecule has 2 fully saturated rings. The van der Waals surface area contributed by atoms with Crippen LogP contribution in [0.2, 0.25) is 0 Å². The second-order valence-corrected chi connectivity index (χ2v) is 8.82. The summed E-state index contributed by atoms with van der Waals surface area (Å²) in [5, 5.41) is 10.5. The van der Waals surface area contributed by atoms with E-state index >= 15 is 0 Å². The van der Waals surface area contributed by atoms with E-state index in [2.05, 4.69) is 20.5 Å². The first-order chi connectivity index (χ1) is 13.8. The van der Waals surface area contributed by atoms with E-state index in [0.717, 1.165) is 17.7 Å². The Labute approximate surface area is 171 Å². The number of carbonyl (C=O) groups excluding carboxylic acids is 1. The number of H-pyrrole nitrogens is 1. The number of anilines is 1. The lowest BCUT2D eigenvalue weighted by atomic mass is 10.0. The van der Waals surface area contributed by atoms with Crippen LogP contribution in [0.5, 0.6) is 0 Å². The summed E-state index contributed by atoms with van der Waals surface area (Å²) in [6.07, 6.45) is 4.18. The Morgan fingerprint density at radius 1 is 1.34 bits per heavy atom. The zero-order valence-corrected chi connectivity index (χ0v) is 17.8. The molecular weight excluding hydrogens is 391 g/mol. The van der Waals surface area contributed by atoms with Crippen molar-refractivity contribution < 1.29 is 18.8 Å². The lowest BCUT2D eigenvalue weighted by molar-refractivity contribution is -0.156. The minimum absolute atomic E-state index is 0.0653. The maximum Gasteiger partial charge on any atom is 0.217 e. The van der Waals surface area contributed by atoms with Gasteiger partial charge in [-0.3, -0.25) is 19.4 Å². The van der Waals surface area contributed by atoms with Gasteiger partial charge in [-0.2, -0.15) is 5.10 Å². The number of fused-ring (bicyclic) bond motifs is 1. The molecule has 2 aliphatic rings. The lowest BCUT2D eigenvalue weighted by Gasteiger charge is -2.24. The van der Waals surface area contributed by atoms with Gasteiger partial charge in [0.05, 0.1) is 17.7 Å². The number of rotatable bonds is 6. The van der Waals surface area contributed by atoms with Crippen LogP contribution in [0.3, 0.4) is 0 Å². The Morgan fingerprint density at radius 2 is 2.10 bits per heavy atom. The summed E-state index contributed by atoms with van der Waals surface area (Å²) in [4.78, 5) is 17.3. The van der Waals surface area contributed by atoms with Gasteiger partial charge in [-0.15, -0.1) is 0 Å². The summed E-state index contributed by atoms with van der Waals surface area (Å²) >= 11 is 0. The van der Waals surface area contributed by atoms with Gasteiger partial charge in [-0.05, 0) is 40.2 Å². The topological polar surface area (TPSA) is 106 Å². The van der Waals surface area contributed by atoms with E-state index < -0.39 is 5.79 Å². The van der Waals surface area contributed by atoms with Crippen LogP contribution >= 0.6 is 8.46 Å². The minimum Gasteiger partial charge on any atom is -0.379 e. The molecule has 0 radical (unpaired) electrons. The van der Waals surface area contributed by atoms with Crippen LogP contribution in [0.15, 0.2) is 18.5 Å². The first-order valence-electron chi connectivity index (χ1n) is 9.72. The molecule has 29 heavy (non-hydrogen) atoms. The molecule has 4 rings (SSSR count). The molecule has 0 amide bonds. The first kappa shape index (κ1) is 20.1. The fourth-order valence-electron chi connectivity index (χ4n) is 4.24. The van der Waals surface area contributed by atoms with Crippen molar-refractivity contribution in [3.05, 3.63) is 41.0 Å². The van der Waals surface area contributed by atoms with Crippen LogP contribution in [0.25, 0.3) is 0 Å². The Bertz CT molecular complexity index is 944. The van der Waals surface area contributed by atoms with Crippen LogP contribution in [0, 0.1) is 19.8 Å². The van der Waals surface area contributed by atoms with Crippen LogP contribution in [-0.4, -0.2) is 51.2 Å². The molecule has 0 spiro atoms. The van der Waals surface area contributed by atoms with Crippen molar-refractivity contribution in [2.75, 3.05) is 11.5 Å². The van der Waals surface area contributed by atoms with Crippen molar-refractivity contribution in [2.45, 2.75) is 58.2 Å². The molecule has 1 saturated heterocycles. The number of aryl methyl sites for hydroxylation is 1. The van der Waals surface area contributed by atoms with E-state index in [-0.39, 0.29) is 38.4 Å². The number of hydrogen-bond acceptors (Lipinski definition) is 7. The number of hydrogen-bond donors (Lipinski definition) is 2. The van der Waals surface area contributed by atoms with E-state index in [1.807, 2.05) is 27.7 Å². The molecule has 4 atom stereocenters. The first-order valence-corrected chi connectivity index (χ1v) is 10.7. The predicted molar refractivity (Wildman–Crippen MR) is 108 cm³/mol. The Hall–Kier alpha value is -2.15. The maximum atomic E-state index is 13.1. The molecule has 9 heteroatoms. The summed E-state index contributed by atoms with van der Waals surface area (Å²) in [6, 6.07) is 1.72. The monoisotopic (exact) mass is 416 g/mol. The highest BCUT2D eigenvalue weighted by molar-refractivity contribution is 7.23. The molecule has 1 aliphatic carbocycles. The highest BCUT2D eigenvalue weighted by Gasteiger charge is 2.53. The quantitative estimate of drug-likeness (QED) is 0.550. The second kappa shape index (κ2) is 7.59. The Balaban J connectivity index is 1.61. The molecule has 3 heterocycles. The number of aromatic nitrogens is 3. The summed E-state index contributed by atoms with van der Waals surface area (Å²) in [7, 11) is 0.100. The number of carbonyl (C=O) groups is 1. The lowest BCUT2D eigenvalue weighted by Crippen LogP contribution is -2.34. The summed E-state index contributed by atoms with van der Waals surface area (Å²) in [5.41, 5.74) is 3.23. The highest BCUT2D eigenvalue weighted by atomic mass is 31.1. The van der Waals surface area contributed by atoms with Gasteiger partial charge in [0.2, 0.25) is 5.78 Å². The zero-order chi connectivity index (χ0) is 20.8. The number of ketones is 1. The van der Waals surface area contributed by atoms with Crippen LogP contribution < -0.4 is 5.32 Å². The summed E-state index contributed by atoms with van der Waals surface area (Å²) < 4.78 is 23.4. The van der Waals surface area contributed by atoms with Gasteiger partial charge in [-0.1, -0.05) is 0 Å². The SMILES string of the molecule is Cc1[nH]nc(C(=O)c2cnccc2N[C@@H]2C[C@H](CP=O)[C@H]3OC(C)(C)O[C@H]32)c1C. The second-order valence-electron chi connectivity index (χ2n) is 8.20. The van der Waals surface area contributed by atoms with Gasteiger partial charge in [0.15, 0.2) is 14.2 Å². The van der Waals surface area contributed by atoms with Gasteiger partial charge in [0.25, 0.3) is 0 Å². The molecule has 0 unspecified atom stereocenters. The largest absolute Gasteiger partial charge is 0.379 e. The minimum atomic E-state index is -0.686. The van der Waals surface area contributed by atoms with E-state index in [9.17, 15) is 9.36 Å². The van der Waals surface area contributed by atoms with Crippen LogP contribution in [0.4, 0.5) is 5.69 Å². The van der Waals surface area contributed by atoms with E-state index in [1.165, 1.54) is 0 Å². The summed E-state index contributed by atoms with van der Waals surface area (Å²) in [5.74, 6) is -0.750. The van der Waals surface area contributed by atoms with E-state index in [1.54, 1.807) is 18.5 Å². The molecule has 8 nitrogen and oxygen atoms in total. The fourth-order valence-corrected chi connectivity index (χ4v) is 4.79. The number of nitrogens with zero attached hydrogens (tertiary/aromatic N) is 2. The van der Waals surface area contributed by atoms with E-state index in [4.69, 9.17) is 9.47 Å². The average molecular weight is 416 g/mol.